The number of nitrogens with zero attached hydrogens (tertiary/aromatic N) is 3. The Balaban J connectivity index is 0.00000320. The second-order valence-corrected chi connectivity index (χ2v) is 8.13. The van der Waals surface area contributed by atoms with Crippen LogP contribution in [0.4, 0.5) is 0 Å². The summed E-state index contributed by atoms with van der Waals surface area (Å²) >= 11 is 0. The van der Waals surface area contributed by atoms with Gasteiger partial charge in [-0.05, 0) is 42.7 Å². The lowest BCUT2D eigenvalue weighted by Crippen LogP contribution is -2.44. The zero-order valence-corrected chi connectivity index (χ0v) is 20.3. The molecule has 6 nitrogen and oxygen atoms in total. The quantitative estimate of drug-likeness (QED) is 0.264. The molecule has 0 atom stereocenters. The van der Waals surface area contributed by atoms with Gasteiger partial charge in [0, 0.05) is 38.6 Å². The number of imidazole rings is 1. The van der Waals surface area contributed by atoms with Gasteiger partial charge >= 0.3 is 0 Å². The molecule has 0 unspecified atom stereocenters. The van der Waals surface area contributed by atoms with Crippen LogP contribution in [0, 0.1) is 5.41 Å². The van der Waals surface area contributed by atoms with Crippen molar-refractivity contribution in [3.63, 3.8) is 0 Å². The molecule has 7 heteroatoms. The Morgan fingerprint density at radius 2 is 1.87 bits per heavy atom. The van der Waals surface area contributed by atoms with Crippen molar-refractivity contribution >= 4 is 29.9 Å². The fourth-order valence-corrected chi connectivity index (χ4v) is 4.18. The van der Waals surface area contributed by atoms with Crippen LogP contribution in [0.1, 0.15) is 56.6 Å². The second kappa shape index (κ2) is 12.9. The Bertz CT molecular complexity index is 734. The highest BCUT2D eigenvalue weighted by Gasteiger charge is 2.31. The zero-order valence-electron chi connectivity index (χ0n) is 18.0. The number of hydrogen-bond acceptors (Lipinski definition) is 3. The van der Waals surface area contributed by atoms with E-state index in [0.29, 0.717) is 6.54 Å². The molecule has 1 fully saturated rings. The van der Waals surface area contributed by atoms with Crippen LogP contribution >= 0.6 is 24.0 Å². The van der Waals surface area contributed by atoms with Gasteiger partial charge in [0.05, 0.1) is 12.9 Å². The molecule has 1 saturated carbocycles. The second-order valence-electron chi connectivity index (χ2n) is 8.13. The molecule has 1 aliphatic rings. The normalized spacial score (nSPS) is 16.0. The van der Waals surface area contributed by atoms with Gasteiger partial charge in [0.15, 0.2) is 5.96 Å². The largest absolute Gasteiger partial charge is 0.396 e. The lowest BCUT2D eigenvalue weighted by atomic mass is 9.72. The van der Waals surface area contributed by atoms with Crippen molar-refractivity contribution in [3.8, 4) is 0 Å². The van der Waals surface area contributed by atoms with Gasteiger partial charge in [-0.3, -0.25) is 0 Å². The third-order valence-corrected chi connectivity index (χ3v) is 5.90. The first-order chi connectivity index (χ1) is 14.2. The molecule has 0 saturated heterocycles. The van der Waals surface area contributed by atoms with E-state index >= 15 is 0 Å². The highest BCUT2D eigenvalue weighted by molar-refractivity contribution is 14.0. The molecule has 166 valence electrons. The van der Waals surface area contributed by atoms with Crippen LogP contribution in [-0.4, -0.2) is 40.3 Å². The molecule has 1 aliphatic carbocycles. The van der Waals surface area contributed by atoms with Crippen molar-refractivity contribution in [3.05, 3.63) is 54.1 Å². The van der Waals surface area contributed by atoms with Crippen LogP contribution in [0.15, 0.2) is 48.0 Å². The van der Waals surface area contributed by atoms with Crippen molar-refractivity contribution in [1.29, 1.82) is 0 Å². The molecule has 0 spiro atoms. The standard InChI is InChI=1S/C23H35N5O.HI/c1-2-25-22(27-18-23(12-15-29)10-4-3-5-11-23)26-16-20-6-8-21(9-7-20)17-28-14-13-24-19-28;/h6-9,13-14,19,29H,2-5,10-12,15-18H2,1H3,(H2,25,26,27);1H. The van der Waals surface area contributed by atoms with Gasteiger partial charge in [-0.1, -0.05) is 43.5 Å². The van der Waals surface area contributed by atoms with E-state index in [1.54, 1.807) is 6.20 Å². The number of nitrogens with one attached hydrogen (secondary N) is 2. The number of aliphatic hydroxyl groups is 1. The lowest BCUT2D eigenvalue weighted by Gasteiger charge is -2.37. The minimum atomic E-state index is 0. The smallest absolute Gasteiger partial charge is 0.191 e. The number of hydrogen-bond donors (Lipinski definition) is 3. The highest BCUT2D eigenvalue weighted by atomic mass is 127. The molecule has 30 heavy (non-hydrogen) atoms. The van der Waals surface area contributed by atoms with Crippen molar-refractivity contribution in [2.24, 2.45) is 10.4 Å². The summed E-state index contributed by atoms with van der Waals surface area (Å²) in [6.45, 7) is 5.55. The first-order valence-electron chi connectivity index (χ1n) is 10.9. The monoisotopic (exact) mass is 525 g/mol. The van der Waals surface area contributed by atoms with Crippen LogP contribution < -0.4 is 10.6 Å². The first-order valence-corrected chi connectivity index (χ1v) is 10.9. The summed E-state index contributed by atoms with van der Waals surface area (Å²) in [5.41, 5.74) is 2.65. The average molecular weight is 525 g/mol. The van der Waals surface area contributed by atoms with E-state index in [0.717, 1.165) is 32.0 Å². The predicted molar refractivity (Wildman–Crippen MR) is 133 cm³/mol. The number of aliphatic hydroxyl groups excluding tert-OH is 1. The van der Waals surface area contributed by atoms with Crippen LogP contribution in [0.3, 0.4) is 0 Å². The van der Waals surface area contributed by atoms with Gasteiger partial charge in [0.1, 0.15) is 0 Å². The Hall–Kier alpha value is -1.61. The summed E-state index contributed by atoms with van der Waals surface area (Å²) in [5.74, 6) is 0.859. The van der Waals surface area contributed by atoms with Crippen LogP contribution in [0.5, 0.6) is 0 Å². The molecule has 3 rings (SSSR count). The molecule has 2 aromatic rings. The van der Waals surface area contributed by atoms with E-state index in [2.05, 4.69) is 51.4 Å². The molecule has 0 bridgehead atoms. The summed E-state index contributed by atoms with van der Waals surface area (Å²) in [4.78, 5) is 8.87. The molecule has 1 aromatic carbocycles. The van der Waals surface area contributed by atoms with Crippen molar-refractivity contribution in [1.82, 2.24) is 20.2 Å². The van der Waals surface area contributed by atoms with Gasteiger partial charge in [0.2, 0.25) is 0 Å². The molecule has 0 amide bonds. The SMILES string of the molecule is CCNC(=NCc1ccc(Cn2ccnc2)cc1)NCC1(CCO)CCCCC1.I. The van der Waals surface area contributed by atoms with Crippen molar-refractivity contribution in [2.45, 2.75) is 58.5 Å². The van der Waals surface area contributed by atoms with Crippen molar-refractivity contribution in [2.75, 3.05) is 19.7 Å². The van der Waals surface area contributed by atoms with Gasteiger partial charge in [-0.25, -0.2) is 9.98 Å². The minimum Gasteiger partial charge on any atom is -0.396 e. The molecular formula is C23H36IN5O. The summed E-state index contributed by atoms with van der Waals surface area (Å²) < 4.78 is 2.06. The molecule has 0 aliphatic heterocycles. The Morgan fingerprint density at radius 1 is 1.13 bits per heavy atom. The maximum Gasteiger partial charge on any atom is 0.191 e. The number of halogens is 1. The van der Waals surface area contributed by atoms with E-state index in [9.17, 15) is 5.11 Å². The number of aliphatic imine (C=N–C) groups is 1. The molecule has 3 N–H and O–H groups in total. The predicted octanol–water partition coefficient (Wildman–Crippen LogP) is 3.94. The average Bonchev–Trinajstić information content (AvgIpc) is 3.25. The van der Waals surface area contributed by atoms with Gasteiger partial charge in [-0.15, -0.1) is 24.0 Å². The number of rotatable bonds is 9. The highest BCUT2D eigenvalue weighted by Crippen LogP contribution is 2.38. The number of aromatic nitrogens is 2. The Labute approximate surface area is 197 Å². The van der Waals surface area contributed by atoms with E-state index in [4.69, 9.17) is 4.99 Å². The molecule has 1 aromatic heterocycles. The van der Waals surface area contributed by atoms with E-state index in [-0.39, 0.29) is 36.0 Å². The summed E-state index contributed by atoms with van der Waals surface area (Å²) in [6, 6.07) is 8.61. The van der Waals surface area contributed by atoms with Crippen LogP contribution in [0.25, 0.3) is 0 Å². The zero-order chi connectivity index (χ0) is 20.4. The molecule has 0 radical (unpaired) electrons. The van der Waals surface area contributed by atoms with Crippen LogP contribution in [-0.2, 0) is 13.1 Å². The maximum atomic E-state index is 9.53. The minimum absolute atomic E-state index is 0. The van der Waals surface area contributed by atoms with Gasteiger partial charge in [-0.2, -0.15) is 0 Å². The topological polar surface area (TPSA) is 74.5 Å². The van der Waals surface area contributed by atoms with Crippen LogP contribution in [0.2, 0.25) is 0 Å². The molecular weight excluding hydrogens is 489 g/mol. The third kappa shape index (κ3) is 7.58. The van der Waals surface area contributed by atoms with E-state index < -0.39 is 0 Å². The van der Waals surface area contributed by atoms with Crippen molar-refractivity contribution < 1.29 is 5.11 Å². The Kier molecular flexibility index (Phi) is 10.6. The fraction of sp³-hybridized carbons (Fsp3) is 0.565. The number of guanidine groups is 1. The maximum absolute atomic E-state index is 9.53. The number of benzene rings is 1. The summed E-state index contributed by atoms with van der Waals surface area (Å²) in [5, 5.41) is 16.4. The lowest BCUT2D eigenvalue weighted by molar-refractivity contribution is 0.131. The van der Waals surface area contributed by atoms with Gasteiger partial charge < -0.3 is 20.3 Å². The third-order valence-electron chi connectivity index (χ3n) is 5.90. The summed E-state index contributed by atoms with van der Waals surface area (Å²) in [7, 11) is 0. The van der Waals surface area contributed by atoms with E-state index in [1.807, 2.05) is 12.5 Å². The summed E-state index contributed by atoms with van der Waals surface area (Å²) in [6.07, 6.45) is 12.7. The first kappa shape index (κ1) is 24.7. The van der Waals surface area contributed by atoms with E-state index in [1.165, 1.54) is 43.2 Å². The Morgan fingerprint density at radius 3 is 2.50 bits per heavy atom. The molecule has 1 heterocycles. The fourth-order valence-electron chi connectivity index (χ4n) is 4.18. The van der Waals surface area contributed by atoms with Gasteiger partial charge in [0.25, 0.3) is 0 Å².